The molecule has 0 aliphatic carbocycles. The number of hydrogen-bond acceptors (Lipinski definition) is 7. The topological polar surface area (TPSA) is 95.1 Å². The van der Waals surface area contributed by atoms with E-state index in [1.807, 2.05) is 26.0 Å². The fourth-order valence-electron chi connectivity index (χ4n) is 4.19. The number of carbonyl (C=O) groups excluding carboxylic acids is 1. The summed E-state index contributed by atoms with van der Waals surface area (Å²) in [6.07, 6.45) is 4.36. The van der Waals surface area contributed by atoms with E-state index in [-0.39, 0.29) is 17.4 Å². The van der Waals surface area contributed by atoms with Gasteiger partial charge in [-0.25, -0.2) is 4.98 Å². The Balaban J connectivity index is 1.62. The van der Waals surface area contributed by atoms with Gasteiger partial charge in [0.25, 0.3) is 5.91 Å². The number of amides is 1. The zero-order valence-corrected chi connectivity index (χ0v) is 22.1. The highest BCUT2D eigenvalue weighted by Gasteiger charge is 2.19. The number of pyridine rings is 1. The summed E-state index contributed by atoms with van der Waals surface area (Å²) in [7, 11) is 0. The largest absolute Gasteiger partial charge is 0.350 e. The Hall–Kier alpha value is -3.52. The van der Waals surface area contributed by atoms with E-state index in [2.05, 4.69) is 76.7 Å². The molecule has 1 aliphatic heterocycles. The second-order valence-corrected chi connectivity index (χ2v) is 10.6. The Morgan fingerprint density at radius 2 is 1.83 bits per heavy atom. The second kappa shape index (κ2) is 10.6. The highest BCUT2D eigenvalue weighted by Crippen LogP contribution is 2.27. The maximum absolute atomic E-state index is 12.9. The van der Waals surface area contributed by atoms with E-state index in [0.29, 0.717) is 17.3 Å². The summed E-state index contributed by atoms with van der Waals surface area (Å²) in [6, 6.07) is 10.3. The van der Waals surface area contributed by atoms with Crippen LogP contribution in [0, 0.1) is 0 Å². The summed E-state index contributed by atoms with van der Waals surface area (Å²) in [5.41, 5.74) is 5.69. The van der Waals surface area contributed by atoms with E-state index in [0.717, 1.165) is 43.1 Å². The number of likely N-dealkylation sites (N-methyl/N-ethyl adjacent to an activating group) is 1. The third-order valence-electron chi connectivity index (χ3n) is 6.25. The first kappa shape index (κ1) is 25.6. The van der Waals surface area contributed by atoms with E-state index >= 15 is 0 Å². The fourth-order valence-corrected chi connectivity index (χ4v) is 4.19. The summed E-state index contributed by atoms with van der Waals surface area (Å²) in [6.45, 7) is 15.5. The van der Waals surface area contributed by atoms with Gasteiger partial charge in [-0.3, -0.25) is 14.7 Å². The van der Waals surface area contributed by atoms with Gasteiger partial charge in [-0.2, -0.15) is 4.98 Å². The zero-order chi connectivity index (χ0) is 25.9. The lowest BCUT2D eigenvalue weighted by Gasteiger charge is -2.27. The Morgan fingerprint density at radius 1 is 1.06 bits per heavy atom. The molecule has 36 heavy (non-hydrogen) atoms. The van der Waals surface area contributed by atoms with Gasteiger partial charge in [-0.1, -0.05) is 33.8 Å². The molecule has 0 atom stereocenters. The number of fused-ring (bicyclic) bond motifs is 1. The first-order valence-electron chi connectivity index (χ1n) is 12.6. The van der Waals surface area contributed by atoms with Crippen LogP contribution in [-0.4, -0.2) is 44.9 Å². The number of carbonyl (C=O) groups is 1. The van der Waals surface area contributed by atoms with Crippen LogP contribution in [-0.2, 0) is 18.4 Å². The summed E-state index contributed by atoms with van der Waals surface area (Å²) in [4.78, 5) is 29.0. The van der Waals surface area contributed by atoms with E-state index < -0.39 is 0 Å². The smallest absolute Gasteiger partial charge is 0.256 e. The Morgan fingerprint density at radius 3 is 2.56 bits per heavy atom. The molecule has 0 saturated heterocycles. The molecule has 3 N–H and O–H groups in total. The number of benzene rings is 1. The van der Waals surface area contributed by atoms with Gasteiger partial charge >= 0.3 is 0 Å². The van der Waals surface area contributed by atoms with E-state index in [1.54, 1.807) is 12.4 Å². The third-order valence-corrected chi connectivity index (χ3v) is 6.25. The number of nitrogens with zero attached hydrogens (tertiary/aromatic N) is 4. The number of anilines is 4. The minimum Gasteiger partial charge on any atom is -0.350 e. The lowest BCUT2D eigenvalue weighted by molar-refractivity contribution is 0.0943. The summed E-state index contributed by atoms with van der Waals surface area (Å²) in [5.74, 6) is 0.640. The average Bonchev–Trinajstić information content (AvgIpc) is 2.83. The van der Waals surface area contributed by atoms with Crippen molar-refractivity contribution < 1.29 is 4.79 Å². The quantitative estimate of drug-likeness (QED) is 0.423. The molecule has 4 rings (SSSR count). The first-order valence-corrected chi connectivity index (χ1v) is 12.6. The Bertz CT molecular complexity index is 1230. The second-order valence-electron chi connectivity index (χ2n) is 10.6. The molecule has 0 bridgehead atoms. The van der Waals surface area contributed by atoms with Crippen LogP contribution >= 0.6 is 0 Å². The van der Waals surface area contributed by atoms with Crippen molar-refractivity contribution >= 4 is 29.0 Å². The van der Waals surface area contributed by atoms with Gasteiger partial charge in [0.1, 0.15) is 11.4 Å². The van der Waals surface area contributed by atoms with Gasteiger partial charge in [0.05, 0.1) is 0 Å². The van der Waals surface area contributed by atoms with Crippen molar-refractivity contribution in [1.29, 1.82) is 0 Å². The molecule has 3 heterocycles. The normalized spacial score (nSPS) is 13.9. The predicted molar refractivity (Wildman–Crippen MR) is 145 cm³/mol. The molecule has 0 unspecified atom stereocenters. The van der Waals surface area contributed by atoms with Crippen molar-refractivity contribution in [2.75, 3.05) is 23.7 Å². The maximum atomic E-state index is 12.9. The van der Waals surface area contributed by atoms with E-state index in [4.69, 9.17) is 4.98 Å². The van der Waals surface area contributed by atoms with Gasteiger partial charge in [0.2, 0.25) is 5.95 Å². The number of hydrogen-bond donors (Lipinski definition) is 3. The first-order chi connectivity index (χ1) is 17.1. The van der Waals surface area contributed by atoms with Crippen molar-refractivity contribution in [2.45, 2.75) is 66.0 Å². The molecule has 1 aliphatic rings. The molecule has 0 radical (unpaired) electrons. The SMILES string of the molecule is CCN1CCc2cc(Nc3ncc(C(=O)NC(C)C)c(Nc4ccnc(C(C)(C)C)c4)n3)ccc2C1. The van der Waals surface area contributed by atoms with Crippen molar-refractivity contribution in [2.24, 2.45) is 0 Å². The monoisotopic (exact) mass is 487 g/mol. The fraction of sp³-hybridized carbons (Fsp3) is 0.429. The molecule has 0 saturated carbocycles. The molecular weight excluding hydrogens is 450 g/mol. The van der Waals surface area contributed by atoms with Crippen LogP contribution in [0.2, 0.25) is 0 Å². The standard InChI is InChI=1S/C28H37N7O/c1-7-35-13-11-19-14-21(9-8-20(19)17-35)33-27-30-16-23(26(36)31-18(2)3)25(34-27)32-22-10-12-29-24(15-22)28(4,5)6/h8-10,12,14-16,18H,7,11,13,17H2,1-6H3,(H,31,36)(H2,29,30,32,33,34). The molecule has 1 aromatic carbocycles. The van der Waals surface area contributed by atoms with Crippen LogP contribution in [0.5, 0.6) is 0 Å². The number of nitrogens with one attached hydrogen (secondary N) is 3. The summed E-state index contributed by atoms with van der Waals surface area (Å²) < 4.78 is 0. The third kappa shape index (κ3) is 6.18. The van der Waals surface area contributed by atoms with Crippen LogP contribution in [0.4, 0.5) is 23.1 Å². The van der Waals surface area contributed by atoms with Crippen molar-refractivity contribution in [1.82, 2.24) is 25.2 Å². The number of aromatic nitrogens is 3. The highest BCUT2D eigenvalue weighted by molar-refractivity contribution is 5.99. The Labute approximate surface area is 214 Å². The molecule has 1 amide bonds. The van der Waals surface area contributed by atoms with Gasteiger partial charge in [-0.05, 0) is 62.2 Å². The predicted octanol–water partition coefficient (Wildman–Crippen LogP) is 5.17. The van der Waals surface area contributed by atoms with Crippen molar-refractivity contribution in [3.63, 3.8) is 0 Å². The maximum Gasteiger partial charge on any atom is 0.256 e. The Kier molecular flexibility index (Phi) is 7.54. The summed E-state index contributed by atoms with van der Waals surface area (Å²) in [5, 5.41) is 9.59. The minimum atomic E-state index is -0.224. The average molecular weight is 488 g/mol. The lowest BCUT2D eigenvalue weighted by atomic mass is 9.91. The lowest BCUT2D eigenvalue weighted by Crippen LogP contribution is -2.31. The van der Waals surface area contributed by atoms with Gasteiger partial charge < -0.3 is 16.0 Å². The van der Waals surface area contributed by atoms with Gasteiger partial charge in [0.15, 0.2) is 0 Å². The van der Waals surface area contributed by atoms with Crippen LogP contribution in [0.1, 0.15) is 68.7 Å². The molecule has 2 aromatic heterocycles. The van der Waals surface area contributed by atoms with E-state index in [1.165, 1.54) is 11.1 Å². The molecule has 8 nitrogen and oxygen atoms in total. The minimum absolute atomic E-state index is 0.00398. The molecule has 190 valence electrons. The van der Waals surface area contributed by atoms with Crippen LogP contribution in [0.15, 0.2) is 42.7 Å². The molecular formula is C28H37N7O. The van der Waals surface area contributed by atoms with Gasteiger partial charge in [-0.15, -0.1) is 0 Å². The van der Waals surface area contributed by atoms with Crippen molar-refractivity contribution in [3.05, 3.63) is 65.1 Å². The van der Waals surface area contributed by atoms with Crippen LogP contribution in [0.25, 0.3) is 0 Å². The van der Waals surface area contributed by atoms with E-state index in [9.17, 15) is 4.79 Å². The van der Waals surface area contributed by atoms with Gasteiger partial charge in [0, 0.05) is 54.0 Å². The molecule has 8 heteroatoms. The van der Waals surface area contributed by atoms with Crippen molar-refractivity contribution in [3.8, 4) is 0 Å². The molecule has 0 fully saturated rings. The van der Waals surface area contributed by atoms with Crippen LogP contribution < -0.4 is 16.0 Å². The molecule has 3 aromatic rings. The molecule has 0 spiro atoms. The zero-order valence-electron chi connectivity index (χ0n) is 22.1. The highest BCUT2D eigenvalue weighted by atomic mass is 16.1. The van der Waals surface area contributed by atoms with Crippen LogP contribution in [0.3, 0.4) is 0 Å². The number of rotatable bonds is 7. The summed E-state index contributed by atoms with van der Waals surface area (Å²) >= 11 is 0.